The lowest BCUT2D eigenvalue weighted by atomic mass is 10.3. The lowest BCUT2D eigenvalue weighted by Gasteiger charge is -2.09. The van der Waals surface area contributed by atoms with Crippen LogP contribution >= 0.6 is 0 Å². The fraction of sp³-hybridized carbons (Fsp3) is 0.312. The summed E-state index contributed by atoms with van der Waals surface area (Å²) in [5.74, 6) is 0.976. The van der Waals surface area contributed by atoms with Gasteiger partial charge in [-0.15, -0.1) is 0 Å². The van der Waals surface area contributed by atoms with Crippen molar-refractivity contribution in [3.05, 3.63) is 48.2 Å². The Labute approximate surface area is 131 Å². The highest BCUT2D eigenvalue weighted by Crippen LogP contribution is 2.18. The van der Waals surface area contributed by atoms with Crippen molar-refractivity contribution >= 4 is 15.8 Å². The minimum atomic E-state index is -3.64. The van der Waals surface area contributed by atoms with Gasteiger partial charge < -0.3 is 4.74 Å². The van der Waals surface area contributed by atoms with Crippen molar-refractivity contribution < 1.29 is 13.2 Å². The number of nitrogens with one attached hydrogen (secondary N) is 1. The number of anilines is 1. The third kappa shape index (κ3) is 4.46. The summed E-state index contributed by atoms with van der Waals surface area (Å²) in [6.07, 6.45) is 2.03. The zero-order valence-electron chi connectivity index (χ0n) is 12.7. The first kappa shape index (κ1) is 16.3. The number of pyridine rings is 1. The lowest BCUT2D eigenvalue weighted by Crippen LogP contribution is -2.14. The number of benzene rings is 1. The number of nitrogens with zero attached hydrogens (tertiary/aromatic N) is 1. The van der Waals surface area contributed by atoms with Crippen LogP contribution in [0.3, 0.4) is 0 Å². The van der Waals surface area contributed by atoms with Crippen molar-refractivity contribution in [1.29, 1.82) is 0 Å². The van der Waals surface area contributed by atoms with Gasteiger partial charge in [-0.25, -0.2) is 13.4 Å². The van der Waals surface area contributed by atoms with Crippen molar-refractivity contribution in [3.8, 4) is 5.75 Å². The van der Waals surface area contributed by atoms with E-state index >= 15 is 0 Å². The summed E-state index contributed by atoms with van der Waals surface area (Å²) in [5.41, 5.74) is 0.750. The van der Waals surface area contributed by atoms with E-state index in [0.717, 1.165) is 18.5 Å². The molecule has 0 aliphatic heterocycles. The van der Waals surface area contributed by atoms with Gasteiger partial charge in [0, 0.05) is 5.69 Å². The van der Waals surface area contributed by atoms with E-state index in [1.54, 1.807) is 37.3 Å². The molecule has 0 fully saturated rings. The molecule has 0 aliphatic rings. The maximum Gasteiger partial charge on any atom is 0.263 e. The highest BCUT2D eigenvalue weighted by Gasteiger charge is 2.14. The first-order valence-corrected chi connectivity index (χ1v) is 8.69. The van der Waals surface area contributed by atoms with Crippen LogP contribution in [0.5, 0.6) is 5.75 Å². The van der Waals surface area contributed by atoms with Crippen molar-refractivity contribution in [2.24, 2.45) is 0 Å². The van der Waals surface area contributed by atoms with E-state index in [-0.39, 0.29) is 4.90 Å². The summed E-state index contributed by atoms with van der Waals surface area (Å²) in [7, 11) is -3.64. The SMILES string of the molecule is CCCCOc1ccc(S(=O)(=O)Nc2cccc(C)n2)cc1. The first-order valence-electron chi connectivity index (χ1n) is 7.20. The van der Waals surface area contributed by atoms with Gasteiger partial charge in [0.25, 0.3) is 10.0 Å². The molecule has 0 saturated heterocycles. The monoisotopic (exact) mass is 320 g/mol. The molecule has 1 aromatic carbocycles. The van der Waals surface area contributed by atoms with Gasteiger partial charge in [-0.2, -0.15) is 0 Å². The quantitative estimate of drug-likeness (QED) is 0.794. The van der Waals surface area contributed by atoms with Gasteiger partial charge in [-0.3, -0.25) is 4.72 Å². The molecular weight excluding hydrogens is 300 g/mol. The average Bonchev–Trinajstić information content (AvgIpc) is 2.47. The standard InChI is InChI=1S/C16H20N2O3S/c1-3-4-12-21-14-8-10-15(11-9-14)22(19,20)18-16-7-5-6-13(2)17-16/h5-11H,3-4,12H2,1-2H3,(H,17,18). The van der Waals surface area contributed by atoms with Gasteiger partial charge in [-0.1, -0.05) is 19.4 Å². The van der Waals surface area contributed by atoms with Crippen LogP contribution in [0.25, 0.3) is 0 Å². The van der Waals surface area contributed by atoms with Crippen LogP contribution < -0.4 is 9.46 Å². The van der Waals surface area contributed by atoms with Crippen LogP contribution in [0.1, 0.15) is 25.5 Å². The van der Waals surface area contributed by atoms with Gasteiger partial charge in [0.2, 0.25) is 0 Å². The molecule has 5 nitrogen and oxygen atoms in total. The van der Waals surface area contributed by atoms with Crippen molar-refractivity contribution in [2.45, 2.75) is 31.6 Å². The molecule has 118 valence electrons. The molecule has 0 amide bonds. The first-order chi connectivity index (χ1) is 10.5. The molecule has 0 unspecified atom stereocenters. The lowest BCUT2D eigenvalue weighted by molar-refractivity contribution is 0.309. The molecule has 0 saturated carbocycles. The van der Waals surface area contributed by atoms with E-state index in [1.807, 2.05) is 0 Å². The van der Waals surface area contributed by atoms with Crippen LogP contribution in [-0.2, 0) is 10.0 Å². The Morgan fingerprint density at radius 1 is 1.14 bits per heavy atom. The third-order valence-electron chi connectivity index (χ3n) is 3.03. The van der Waals surface area contributed by atoms with Crippen molar-refractivity contribution in [3.63, 3.8) is 0 Å². The minimum absolute atomic E-state index is 0.179. The number of aromatic nitrogens is 1. The Morgan fingerprint density at radius 3 is 2.50 bits per heavy atom. The topological polar surface area (TPSA) is 68.3 Å². The fourth-order valence-electron chi connectivity index (χ4n) is 1.85. The molecule has 1 heterocycles. The van der Waals surface area contributed by atoms with Gasteiger partial charge >= 0.3 is 0 Å². The van der Waals surface area contributed by atoms with Gasteiger partial charge in [0.05, 0.1) is 11.5 Å². The third-order valence-corrected chi connectivity index (χ3v) is 4.40. The Bertz CT molecular complexity index is 712. The zero-order chi connectivity index (χ0) is 16.0. The second-order valence-corrected chi connectivity index (χ2v) is 6.63. The Morgan fingerprint density at radius 2 is 1.86 bits per heavy atom. The molecule has 0 atom stereocenters. The molecular formula is C16H20N2O3S. The molecule has 22 heavy (non-hydrogen) atoms. The highest BCUT2D eigenvalue weighted by atomic mass is 32.2. The Balaban J connectivity index is 2.09. The van der Waals surface area contributed by atoms with Gasteiger partial charge in [0.15, 0.2) is 0 Å². The number of aryl methyl sites for hydroxylation is 1. The largest absolute Gasteiger partial charge is 0.494 e. The second kappa shape index (κ2) is 7.26. The van der Waals surface area contributed by atoms with Crippen LogP contribution in [0.15, 0.2) is 47.4 Å². The van der Waals surface area contributed by atoms with Crippen LogP contribution in [-0.4, -0.2) is 20.0 Å². The number of hydrogen-bond acceptors (Lipinski definition) is 4. The number of unbranched alkanes of at least 4 members (excludes halogenated alkanes) is 1. The molecule has 0 aliphatic carbocycles. The summed E-state index contributed by atoms with van der Waals surface area (Å²) >= 11 is 0. The molecule has 0 spiro atoms. The van der Waals surface area contributed by atoms with E-state index in [4.69, 9.17) is 4.74 Å². The maximum atomic E-state index is 12.3. The maximum absolute atomic E-state index is 12.3. The number of sulfonamides is 1. The molecule has 1 aromatic heterocycles. The van der Waals surface area contributed by atoms with E-state index in [0.29, 0.717) is 18.2 Å². The second-order valence-electron chi connectivity index (χ2n) is 4.94. The normalized spacial score (nSPS) is 11.2. The molecule has 2 rings (SSSR count). The predicted octanol–water partition coefficient (Wildman–Crippen LogP) is 3.37. The van der Waals surface area contributed by atoms with E-state index in [9.17, 15) is 8.42 Å². The van der Waals surface area contributed by atoms with E-state index in [2.05, 4.69) is 16.6 Å². The number of hydrogen-bond donors (Lipinski definition) is 1. The summed E-state index contributed by atoms with van der Waals surface area (Å²) in [6, 6.07) is 11.6. The summed E-state index contributed by atoms with van der Waals surface area (Å²) in [5, 5.41) is 0. The number of rotatable bonds is 7. The smallest absolute Gasteiger partial charge is 0.263 e. The number of ether oxygens (including phenoxy) is 1. The summed E-state index contributed by atoms with van der Waals surface area (Å²) < 4.78 is 32.6. The summed E-state index contributed by atoms with van der Waals surface area (Å²) in [4.78, 5) is 4.32. The van der Waals surface area contributed by atoms with Gasteiger partial charge in [-0.05, 0) is 49.7 Å². The molecule has 0 radical (unpaired) electrons. The van der Waals surface area contributed by atoms with Crippen molar-refractivity contribution in [2.75, 3.05) is 11.3 Å². The Kier molecular flexibility index (Phi) is 5.38. The molecule has 1 N–H and O–H groups in total. The molecule has 2 aromatic rings. The predicted molar refractivity (Wildman–Crippen MR) is 86.6 cm³/mol. The van der Waals surface area contributed by atoms with Crippen LogP contribution in [0, 0.1) is 6.92 Å². The van der Waals surface area contributed by atoms with Crippen molar-refractivity contribution in [1.82, 2.24) is 4.98 Å². The van der Waals surface area contributed by atoms with Gasteiger partial charge in [0.1, 0.15) is 11.6 Å². The molecule has 0 bridgehead atoms. The average molecular weight is 320 g/mol. The van der Waals surface area contributed by atoms with E-state index in [1.165, 1.54) is 12.1 Å². The molecule has 6 heteroatoms. The Hall–Kier alpha value is -2.08. The fourth-order valence-corrected chi connectivity index (χ4v) is 2.85. The summed E-state index contributed by atoms with van der Waals surface area (Å²) in [6.45, 7) is 4.53. The van der Waals surface area contributed by atoms with Crippen LogP contribution in [0.2, 0.25) is 0 Å². The van der Waals surface area contributed by atoms with E-state index < -0.39 is 10.0 Å². The minimum Gasteiger partial charge on any atom is -0.494 e. The highest BCUT2D eigenvalue weighted by molar-refractivity contribution is 7.92. The van der Waals surface area contributed by atoms with Crippen LogP contribution in [0.4, 0.5) is 5.82 Å². The zero-order valence-corrected chi connectivity index (χ0v) is 13.6.